The standard InChI is InChI=1S/C18H13F2N7O/c19-10-4-11(20)15-13(7-28-14(15)5-10)23-18-25-16(24-17(21)26-18)8-1-2-9-6-22-27-12(9)3-8/h1-6,13H,7H2,(H,22,27)(H3,21,23,24,25,26). The molecule has 0 spiro atoms. The summed E-state index contributed by atoms with van der Waals surface area (Å²) in [5.41, 5.74) is 7.59. The van der Waals surface area contributed by atoms with E-state index >= 15 is 0 Å². The zero-order chi connectivity index (χ0) is 19.3. The highest BCUT2D eigenvalue weighted by Gasteiger charge is 2.29. The van der Waals surface area contributed by atoms with Gasteiger partial charge in [0.15, 0.2) is 5.82 Å². The zero-order valence-corrected chi connectivity index (χ0v) is 14.3. The Morgan fingerprint density at radius 3 is 2.93 bits per heavy atom. The molecular formula is C18H13F2N7O. The maximum absolute atomic E-state index is 14.2. The molecule has 0 amide bonds. The summed E-state index contributed by atoms with van der Waals surface area (Å²) in [5.74, 6) is -0.713. The molecule has 0 radical (unpaired) electrons. The van der Waals surface area contributed by atoms with Crippen LogP contribution in [0.3, 0.4) is 0 Å². The first-order valence-electron chi connectivity index (χ1n) is 8.40. The normalized spacial score (nSPS) is 15.4. The molecule has 28 heavy (non-hydrogen) atoms. The van der Waals surface area contributed by atoms with Crippen molar-refractivity contribution in [3.05, 3.63) is 53.7 Å². The van der Waals surface area contributed by atoms with Gasteiger partial charge in [-0.05, 0) is 6.07 Å². The van der Waals surface area contributed by atoms with Gasteiger partial charge in [-0.25, -0.2) is 8.78 Å². The molecule has 0 fully saturated rings. The number of anilines is 2. The molecule has 4 N–H and O–H groups in total. The van der Waals surface area contributed by atoms with Crippen LogP contribution >= 0.6 is 0 Å². The van der Waals surface area contributed by atoms with Gasteiger partial charge in [-0.15, -0.1) is 0 Å². The van der Waals surface area contributed by atoms with E-state index in [4.69, 9.17) is 10.5 Å². The summed E-state index contributed by atoms with van der Waals surface area (Å²) < 4.78 is 32.9. The number of aromatic nitrogens is 5. The number of H-pyrrole nitrogens is 1. The topological polar surface area (TPSA) is 115 Å². The van der Waals surface area contributed by atoms with Crippen LogP contribution in [0.5, 0.6) is 5.75 Å². The highest BCUT2D eigenvalue weighted by Crippen LogP contribution is 2.37. The third-order valence-electron chi connectivity index (χ3n) is 4.47. The van der Waals surface area contributed by atoms with Gasteiger partial charge in [0.25, 0.3) is 0 Å². The first kappa shape index (κ1) is 16.4. The average molecular weight is 381 g/mol. The SMILES string of the molecule is Nc1nc(NC2COc3cc(F)cc(F)c32)nc(-c2ccc3cn[nH]c3c2)n1. The molecule has 3 heterocycles. The average Bonchev–Trinajstić information content (AvgIpc) is 3.27. The second kappa shape index (κ2) is 6.12. The van der Waals surface area contributed by atoms with E-state index in [2.05, 4.69) is 30.5 Å². The molecular weight excluding hydrogens is 368 g/mol. The van der Waals surface area contributed by atoms with Crippen molar-refractivity contribution in [3.8, 4) is 17.1 Å². The lowest BCUT2D eigenvalue weighted by molar-refractivity contribution is 0.338. The molecule has 0 saturated heterocycles. The van der Waals surface area contributed by atoms with Crippen LogP contribution in [0.1, 0.15) is 11.6 Å². The summed E-state index contributed by atoms with van der Waals surface area (Å²) >= 11 is 0. The van der Waals surface area contributed by atoms with Crippen LogP contribution in [0.15, 0.2) is 36.5 Å². The number of hydrogen-bond acceptors (Lipinski definition) is 7. The van der Waals surface area contributed by atoms with Gasteiger partial charge in [-0.3, -0.25) is 5.10 Å². The zero-order valence-electron chi connectivity index (χ0n) is 14.3. The Bertz CT molecular complexity index is 1210. The van der Waals surface area contributed by atoms with Crippen LogP contribution in [0.25, 0.3) is 22.3 Å². The van der Waals surface area contributed by atoms with Crippen molar-refractivity contribution < 1.29 is 13.5 Å². The first-order chi connectivity index (χ1) is 13.6. The summed E-state index contributed by atoms with van der Waals surface area (Å²) in [6.07, 6.45) is 1.71. The van der Waals surface area contributed by atoms with Gasteiger partial charge >= 0.3 is 0 Å². The molecule has 8 nitrogen and oxygen atoms in total. The fourth-order valence-corrected chi connectivity index (χ4v) is 3.21. The Hall–Kier alpha value is -3.82. The second-order valence-electron chi connectivity index (χ2n) is 6.32. The van der Waals surface area contributed by atoms with Gasteiger partial charge in [-0.2, -0.15) is 20.1 Å². The molecule has 10 heteroatoms. The van der Waals surface area contributed by atoms with Gasteiger partial charge in [0.05, 0.1) is 23.3 Å². The quantitative estimate of drug-likeness (QED) is 0.500. The number of fused-ring (bicyclic) bond motifs is 2. The van der Waals surface area contributed by atoms with Crippen LogP contribution in [-0.4, -0.2) is 31.8 Å². The predicted octanol–water partition coefficient (Wildman–Crippen LogP) is 2.82. The van der Waals surface area contributed by atoms with Crippen LogP contribution in [0.4, 0.5) is 20.7 Å². The van der Waals surface area contributed by atoms with Crippen LogP contribution < -0.4 is 15.8 Å². The summed E-state index contributed by atoms with van der Waals surface area (Å²) in [5, 5.41) is 10.8. The summed E-state index contributed by atoms with van der Waals surface area (Å²) in [4.78, 5) is 12.6. The van der Waals surface area contributed by atoms with E-state index in [0.717, 1.165) is 23.0 Å². The minimum Gasteiger partial charge on any atom is -0.490 e. The molecule has 1 aliphatic heterocycles. The Morgan fingerprint density at radius 2 is 2.04 bits per heavy atom. The lowest BCUT2D eigenvalue weighted by Crippen LogP contribution is -2.16. The van der Waals surface area contributed by atoms with E-state index in [1.807, 2.05) is 18.2 Å². The lowest BCUT2D eigenvalue weighted by atomic mass is 10.1. The van der Waals surface area contributed by atoms with Crippen LogP contribution in [0.2, 0.25) is 0 Å². The molecule has 0 bridgehead atoms. The molecule has 2 aromatic carbocycles. The van der Waals surface area contributed by atoms with E-state index in [1.54, 1.807) is 6.20 Å². The third-order valence-corrected chi connectivity index (χ3v) is 4.47. The number of nitrogens with two attached hydrogens (primary N) is 1. The predicted molar refractivity (Wildman–Crippen MR) is 97.5 cm³/mol. The van der Waals surface area contributed by atoms with Gasteiger partial charge in [0.1, 0.15) is 24.0 Å². The van der Waals surface area contributed by atoms with E-state index < -0.39 is 17.7 Å². The lowest BCUT2D eigenvalue weighted by Gasteiger charge is -2.13. The largest absolute Gasteiger partial charge is 0.490 e. The van der Waals surface area contributed by atoms with Crippen LogP contribution in [-0.2, 0) is 0 Å². The Morgan fingerprint density at radius 1 is 1.14 bits per heavy atom. The summed E-state index contributed by atoms with van der Waals surface area (Å²) in [7, 11) is 0. The Labute approximate surface area is 156 Å². The fraction of sp³-hybridized carbons (Fsp3) is 0.111. The summed E-state index contributed by atoms with van der Waals surface area (Å²) in [6.45, 7) is 0.108. The van der Waals surface area contributed by atoms with Crippen molar-refractivity contribution in [2.45, 2.75) is 6.04 Å². The number of nitrogens with one attached hydrogen (secondary N) is 2. The smallest absolute Gasteiger partial charge is 0.228 e. The summed E-state index contributed by atoms with van der Waals surface area (Å²) in [6, 6.07) is 6.94. The fourth-order valence-electron chi connectivity index (χ4n) is 3.21. The molecule has 0 aliphatic carbocycles. The highest BCUT2D eigenvalue weighted by molar-refractivity contribution is 5.82. The van der Waals surface area contributed by atoms with Crippen molar-refractivity contribution in [1.82, 2.24) is 25.1 Å². The van der Waals surface area contributed by atoms with E-state index in [9.17, 15) is 8.78 Å². The number of benzene rings is 2. The van der Waals surface area contributed by atoms with Gasteiger partial charge in [0.2, 0.25) is 11.9 Å². The number of ether oxygens (including phenoxy) is 1. The molecule has 1 aliphatic rings. The Balaban J connectivity index is 1.49. The van der Waals surface area contributed by atoms with Crippen LogP contribution in [0, 0.1) is 11.6 Å². The minimum absolute atomic E-state index is 0.0101. The first-order valence-corrected chi connectivity index (χ1v) is 8.40. The number of nitrogens with zero attached hydrogens (tertiary/aromatic N) is 4. The third kappa shape index (κ3) is 2.75. The van der Waals surface area contributed by atoms with Crippen molar-refractivity contribution in [2.24, 2.45) is 0 Å². The van der Waals surface area contributed by atoms with Gasteiger partial charge in [-0.1, -0.05) is 12.1 Å². The van der Waals surface area contributed by atoms with Crippen molar-refractivity contribution >= 4 is 22.8 Å². The monoisotopic (exact) mass is 381 g/mol. The Kier molecular flexibility index (Phi) is 3.57. The number of hydrogen-bond donors (Lipinski definition) is 3. The number of nitrogen functional groups attached to an aromatic ring is 1. The number of aromatic amines is 1. The number of rotatable bonds is 3. The van der Waals surface area contributed by atoms with Crippen molar-refractivity contribution in [1.29, 1.82) is 0 Å². The minimum atomic E-state index is -0.697. The van der Waals surface area contributed by atoms with E-state index in [0.29, 0.717) is 11.4 Å². The van der Waals surface area contributed by atoms with Gasteiger partial charge in [0, 0.05) is 23.1 Å². The van der Waals surface area contributed by atoms with E-state index in [1.165, 1.54) is 0 Å². The molecule has 1 atom stereocenters. The second-order valence-corrected chi connectivity index (χ2v) is 6.32. The molecule has 2 aromatic heterocycles. The molecule has 5 rings (SSSR count). The molecule has 0 saturated carbocycles. The van der Waals surface area contributed by atoms with Gasteiger partial charge < -0.3 is 15.8 Å². The van der Waals surface area contributed by atoms with E-state index in [-0.39, 0.29) is 29.8 Å². The molecule has 4 aromatic rings. The highest BCUT2D eigenvalue weighted by atomic mass is 19.1. The molecule has 1 unspecified atom stereocenters. The number of halogens is 2. The molecule has 140 valence electrons. The maximum atomic E-state index is 14.2. The van der Waals surface area contributed by atoms with Crippen molar-refractivity contribution in [2.75, 3.05) is 17.7 Å². The maximum Gasteiger partial charge on any atom is 0.228 e. The van der Waals surface area contributed by atoms with Crippen molar-refractivity contribution in [3.63, 3.8) is 0 Å².